The standard InChI is InChI=1S/C13H17Cl2NO2/c1-3-16(9(2)6-13(17)18)8-10-4-5-11(14)12(15)7-10/h4-5,7,9H,3,6,8H2,1-2H3,(H,17,18). The number of halogens is 2. The zero-order valence-corrected chi connectivity index (χ0v) is 12.0. The van der Waals surface area contributed by atoms with E-state index in [1.807, 2.05) is 26.0 Å². The molecule has 18 heavy (non-hydrogen) atoms. The van der Waals surface area contributed by atoms with Crippen molar-refractivity contribution in [3.8, 4) is 0 Å². The van der Waals surface area contributed by atoms with Gasteiger partial charge in [-0.2, -0.15) is 0 Å². The van der Waals surface area contributed by atoms with Gasteiger partial charge in [-0.05, 0) is 31.2 Å². The van der Waals surface area contributed by atoms with Crippen LogP contribution in [0.4, 0.5) is 0 Å². The van der Waals surface area contributed by atoms with Gasteiger partial charge in [0.25, 0.3) is 0 Å². The van der Waals surface area contributed by atoms with Gasteiger partial charge in [0.1, 0.15) is 0 Å². The van der Waals surface area contributed by atoms with E-state index in [4.69, 9.17) is 28.3 Å². The Bertz CT molecular complexity index is 423. The third-order valence-corrected chi connectivity index (χ3v) is 3.61. The fourth-order valence-electron chi connectivity index (χ4n) is 1.83. The van der Waals surface area contributed by atoms with Crippen molar-refractivity contribution in [3.05, 3.63) is 33.8 Å². The van der Waals surface area contributed by atoms with Crippen molar-refractivity contribution in [1.29, 1.82) is 0 Å². The highest BCUT2D eigenvalue weighted by atomic mass is 35.5. The first-order chi connectivity index (χ1) is 8.43. The molecule has 1 rings (SSSR count). The minimum atomic E-state index is -0.782. The van der Waals surface area contributed by atoms with E-state index in [1.54, 1.807) is 6.07 Å². The third kappa shape index (κ3) is 4.48. The van der Waals surface area contributed by atoms with Gasteiger partial charge in [-0.25, -0.2) is 0 Å². The van der Waals surface area contributed by atoms with Crippen molar-refractivity contribution < 1.29 is 9.90 Å². The summed E-state index contributed by atoms with van der Waals surface area (Å²) >= 11 is 11.8. The number of carboxylic acid groups (broad SMARTS) is 1. The van der Waals surface area contributed by atoms with Crippen LogP contribution in [-0.2, 0) is 11.3 Å². The molecule has 1 unspecified atom stereocenters. The van der Waals surface area contributed by atoms with Crippen molar-refractivity contribution in [1.82, 2.24) is 4.90 Å². The molecule has 1 N–H and O–H groups in total. The summed E-state index contributed by atoms with van der Waals surface area (Å²) in [6, 6.07) is 5.47. The Morgan fingerprint density at radius 3 is 2.56 bits per heavy atom. The summed E-state index contributed by atoms with van der Waals surface area (Å²) < 4.78 is 0. The zero-order valence-electron chi connectivity index (χ0n) is 10.5. The van der Waals surface area contributed by atoms with Gasteiger partial charge in [-0.1, -0.05) is 36.2 Å². The Labute approximate surface area is 117 Å². The quantitative estimate of drug-likeness (QED) is 0.868. The molecule has 0 aliphatic carbocycles. The molecule has 5 heteroatoms. The molecule has 0 heterocycles. The molecule has 0 aromatic heterocycles. The highest BCUT2D eigenvalue weighted by molar-refractivity contribution is 6.42. The molecule has 3 nitrogen and oxygen atoms in total. The molecule has 0 aliphatic rings. The normalized spacial score (nSPS) is 12.7. The topological polar surface area (TPSA) is 40.5 Å². The second kappa shape index (κ2) is 6.98. The lowest BCUT2D eigenvalue weighted by molar-refractivity contribution is -0.138. The summed E-state index contributed by atoms with van der Waals surface area (Å²) in [5.74, 6) is -0.782. The summed E-state index contributed by atoms with van der Waals surface area (Å²) in [7, 11) is 0. The average molecular weight is 290 g/mol. The van der Waals surface area contributed by atoms with Crippen LogP contribution >= 0.6 is 23.2 Å². The first-order valence-electron chi connectivity index (χ1n) is 5.83. The minimum absolute atomic E-state index is 0.0121. The predicted molar refractivity (Wildman–Crippen MR) is 74.3 cm³/mol. The lowest BCUT2D eigenvalue weighted by Crippen LogP contribution is -2.34. The fraction of sp³-hybridized carbons (Fsp3) is 0.462. The van der Waals surface area contributed by atoms with Gasteiger partial charge in [0.15, 0.2) is 0 Å². The van der Waals surface area contributed by atoms with E-state index in [0.717, 1.165) is 12.1 Å². The largest absolute Gasteiger partial charge is 0.481 e. The summed E-state index contributed by atoms with van der Waals surface area (Å²) in [5, 5.41) is 9.86. The van der Waals surface area contributed by atoms with Crippen LogP contribution in [0.1, 0.15) is 25.8 Å². The summed E-state index contributed by atoms with van der Waals surface area (Å²) in [4.78, 5) is 12.8. The number of aliphatic carboxylic acids is 1. The number of benzene rings is 1. The Hall–Kier alpha value is -0.770. The predicted octanol–water partition coefficient (Wildman–Crippen LogP) is 3.68. The van der Waals surface area contributed by atoms with Crippen LogP contribution in [0.15, 0.2) is 18.2 Å². The lowest BCUT2D eigenvalue weighted by atomic mass is 10.1. The van der Waals surface area contributed by atoms with E-state index in [1.165, 1.54) is 0 Å². The van der Waals surface area contributed by atoms with E-state index in [0.29, 0.717) is 16.6 Å². The molecule has 0 aliphatic heterocycles. The van der Waals surface area contributed by atoms with Crippen molar-refractivity contribution in [2.75, 3.05) is 6.54 Å². The Morgan fingerprint density at radius 2 is 2.06 bits per heavy atom. The summed E-state index contributed by atoms with van der Waals surface area (Å²) in [6.45, 7) is 5.38. The average Bonchev–Trinajstić information content (AvgIpc) is 2.29. The highest BCUT2D eigenvalue weighted by Gasteiger charge is 2.15. The maximum Gasteiger partial charge on any atom is 0.304 e. The van der Waals surface area contributed by atoms with Crippen molar-refractivity contribution in [2.24, 2.45) is 0 Å². The van der Waals surface area contributed by atoms with E-state index in [-0.39, 0.29) is 12.5 Å². The highest BCUT2D eigenvalue weighted by Crippen LogP contribution is 2.23. The molecule has 0 saturated carbocycles. The van der Waals surface area contributed by atoms with Crippen LogP contribution in [0, 0.1) is 0 Å². The second-order valence-corrected chi connectivity index (χ2v) is 5.07. The van der Waals surface area contributed by atoms with Crippen LogP contribution in [0.2, 0.25) is 10.0 Å². The Balaban J connectivity index is 2.72. The molecule has 1 aromatic rings. The van der Waals surface area contributed by atoms with E-state index >= 15 is 0 Å². The van der Waals surface area contributed by atoms with E-state index < -0.39 is 5.97 Å². The van der Waals surface area contributed by atoms with Crippen LogP contribution < -0.4 is 0 Å². The molecular formula is C13H17Cl2NO2. The summed E-state index contributed by atoms with van der Waals surface area (Å²) in [6.07, 6.45) is 0.134. The van der Waals surface area contributed by atoms with Gasteiger partial charge < -0.3 is 5.11 Å². The van der Waals surface area contributed by atoms with Gasteiger partial charge in [0.05, 0.1) is 16.5 Å². The monoisotopic (exact) mass is 289 g/mol. The maximum absolute atomic E-state index is 10.7. The number of carboxylic acids is 1. The minimum Gasteiger partial charge on any atom is -0.481 e. The van der Waals surface area contributed by atoms with Crippen LogP contribution in [-0.4, -0.2) is 28.6 Å². The molecular weight excluding hydrogens is 273 g/mol. The molecule has 0 saturated heterocycles. The van der Waals surface area contributed by atoms with Gasteiger partial charge in [0.2, 0.25) is 0 Å². The number of hydrogen-bond acceptors (Lipinski definition) is 2. The lowest BCUT2D eigenvalue weighted by Gasteiger charge is -2.26. The first kappa shape index (κ1) is 15.3. The molecule has 0 radical (unpaired) electrons. The number of nitrogens with zero attached hydrogens (tertiary/aromatic N) is 1. The van der Waals surface area contributed by atoms with Gasteiger partial charge in [-0.15, -0.1) is 0 Å². The molecule has 100 valence electrons. The fourth-order valence-corrected chi connectivity index (χ4v) is 2.15. The molecule has 1 atom stereocenters. The smallest absolute Gasteiger partial charge is 0.304 e. The van der Waals surface area contributed by atoms with Gasteiger partial charge in [0, 0.05) is 12.6 Å². The SMILES string of the molecule is CCN(Cc1ccc(Cl)c(Cl)c1)C(C)CC(=O)O. The van der Waals surface area contributed by atoms with E-state index in [2.05, 4.69) is 4.90 Å². The number of hydrogen-bond donors (Lipinski definition) is 1. The van der Waals surface area contributed by atoms with Gasteiger partial charge >= 0.3 is 5.97 Å². The van der Waals surface area contributed by atoms with E-state index in [9.17, 15) is 4.79 Å². The zero-order chi connectivity index (χ0) is 13.7. The molecule has 1 aromatic carbocycles. The van der Waals surface area contributed by atoms with Crippen molar-refractivity contribution in [2.45, 2.75) is 32.9 Å². The molecule has 0 spiro atoms. The Morgan fingerprint density at radius 1 is 1.39 bits per heavy atom. The van der Waals surface area contributed by atoms with Crippen molar-refractivity contribution in [3.63, 3.8) is 0 Å². The Kier molecular flexibility index (Phi) is 5.93. The third-order valence-electron chi connectivity index (χ3n) is 2.87. The molecule has 0 amide bonds. The number of rotatable bonds is 6. The molecule has 0 bridgehead atoms. The first-order valence-corrected chi connectivity index (χ1v) is 6.59. The second-order valence-electron chi connectivity index (χ2n) is 4.26. The van der Waals surface area contributed by atoms with Crippen LogP contribution in [0.3, 0.4) is 0 Å². The van der Waals surface area contributed by atoms with Crippen LogP contribution in [0.5, 0.6) is 0 Å². The van der Waals surface area contributed by atoms with Gasteiger partial charge in [-0.3, -0.25) is 9.69 Å². The molecule has 0 fully saturated rings. The maximum atomic E-state index is 10.7. The van der Waals surface area contributed by atoms with Crippen molar-refractivity contribution >= 4 is 29.2 Å². The number of carbonyl (C=O) groups is 1. The summed E-state index contributed by atoms with van der Waals surface area (Å²) in [5.41, 5.74) is 1.03. The van der Waals surface area contributed by atoms with Crippen LogP contribution in [0.25, 0.3) is 0 Å².